The Morgan fingerprint density at radius 2 is 0.333 bits per heavy atom. The van der Waals surface area contributed by atoms with Crippen LogP contribution in [0.4, 0.5) is 0 Å². The van der Waals surface area contributed by atoms with Crippen LogP contribution in [0.15, 0.2) is 437 Å². The summed E-state index contributed by atoms with van der Waals surface area (Å²) in [5.41, 5.74) is 19.6. The van der Waals surface area contributed by atoms with Gasteiger partial charge in [-0.05, 0) is 224 Å². The molecule has 0 bridgehead atoms. The van der Waals surface area contributed by atoms with Gasteiger partial charge in [0.05, 0.1) is 0 Å². The van der Waals surface area contributed by atoms with Crippen molar-refractivity contribution in [2.75, 3.05) is 0 Å². The van der Waals surface area contributed by atoms with Gasteiger partial charge in [0.1, 0.15) is 0 Å². The van der Waals surface area contributed by atoms with Gasteiger partial charge in [0.25, 0.3) is 0 Å². The third kappa shape index (κ3) is 13.8. The average Bonchev–Trinajstić information content (AvgIpc) is 0.763. The summed E-state index contributed by atoms with van der Waals surface area (Å²) in [6.45, 7) is 0. The van der Waals surface area contributed by atoms with Gasteiger partial charge in [-0.25, -0.2) is 29.9 Å². The monoisotopic (exact) mass is 1520 g/mol. The van der Waals surface area contributed by atoms with Crippen LogP contribution >= 0.6 is 0 Å². The summed E-state index contributed by atoms with van der Waals surface area (Å²) >= 11 is 0. The highest BCUT2D eigenvalue weighted by Crippen LogP contribution is 2.40. The molecule has 0 saturated carbocycles. The van der Waals surface area contributed by atoms with E-state index < -0.39 is 0 Å². The van der Waals surface area contributed by atoms with Crippen molar-refractivity contribution in [3.8, 4) is 135 Å². The van der Waals surface area contributed by atoms with Crippen LogP contribution in [-0.2, 0) is 0 Å². The third-order valence-corrected chi connectivity index (χ3v) is 23.5. The van der Waals surface area contributed by atoms with Crippen molar-refractivity contribution >= 4 is 97.0 Å². The molecule has 0 radical (unpaired) electrons. The van der Waals surface area contributed by atoms with E-state index in [-0.39, 0.29) is 0 Å². The maximum Gasteiger partial charge on any atom is 0.164 e. The van der Waals surface area contributed by atoms with Gasteiger partial charge in [-0.15, -0.1) is 0 Å². The molecule has 0 aliphatic rings. The van der Waals surface area contributed by atoms with Crippen molar-refractivity contribution in [3.05, 3.63) is 437 Å². The molecule has 0 spiro atoms. The fourth-order valence-electron chi connectivity index (χ4n) is 17.1. The molecule has 558 valence electrons. The second-order valence-corrected chi connectivity index (χ2v) is 30.9. The van der Waals surface area contributed by atoms with Crippen molar-refractivity contribution in [2.45, 2.75) is 0 Å². The summed E-state index contributed by atoms with van der Waals surface area (Å²) in [6.07, 6.45) is 0. The smallest absolute Gasteiger partial charge is 0.164 e. The van der Waals surface area contributed by atoms with Crippen molar-refractivity contribution in [3.63, 3.8) is 0 Å². The van der Waals surface area contributed by atoms with E-state index >= 15 is 0 Å². The maximum absolute atomic E-state index is 5.26. The fraction of sp³-hybridized carbons (Fsp3) is 0. The number of aromatic nitrogens is 6. The van der Waals surface area contributed by atoms with Gasteiger partial charge in [-0.3, -0.25) is 0 Å². The van der Waals surface area contributed by atoms with E-state index in [1.54, 1.807) is 0 Å². The van der Waals surface area contributed by atoms with Crippen LogP contribution in [0, 0.1) is 0 Å². The molecule has 0 aliphatic carbocycles. The minimum Gasteiger partial charge on any atom is -0.208 e. The van der Waals surface area contributed by atoms with Crippen molar-refractivity contribution < 1.29 is 0 Å². The van der Waals surface area contributed by atoms with E-state index in [0.717, 1.165) is 72.1 Å². The van der Waals surface area contributed by atoms with Gasteiger partial charge in [-0.1, -0.05) is 376 Å². The molecule has 2 aromatic heterocycles. The molecule has 23 rings (SSSR count). The summed E-state index contributed by atoms with van der Waals surface area (Å²) < 4.78 is 0. The topological polar surface area (TPSA) is 77.3 Å². The first-order valence-corrected chi connectivity index (χ1v) is 40.7. The minimum atomic E-state index is 0.628. The van der Waals surface area contributed by atoms with Crippen LogP contribution < -0.4 is 0 Å². The predicted octanol–water partition coefficient (Wildman–Crippen LogP) is 30.1. The Morgan fingerprint density at radius 3 is 0.775 bits per heavy atom. The van der Waals surface area contributed by atoms with Gasteiger partial charge >= 0.3 is 0 Å². The molecule has 0 amide bonds. The highest BCUT2D eigenvalue weighted by molar-refractivity contribution is 6.12. The van der Waals surface area contributed by atoms with Crippen LogP contribution in [-0.4, -0.2) is 29.9 Å². The van der Waals surface area contributed by atoms with Gasteiger partial charge in [-0.2, -0.15) is 0 Å². The van der Waals surface area contributed by atoms with Crippen molar-refractivity contribution in [2.24, 2.45) is 0 Å². The maximum atomic E-state index is 5.26. The Kier molecular flexibility index (Phi) is 17.8. The Morgan fingerprint density at radius 1 is 0.100 bits per heavy atom. The Balaban J connectivity index is 0.000000144. The first-order chi connectivity index (χ1) is 59.3. The third-order valence-electron chi connectivity index (χ3n) is 23.5. The second-order valence-electron chi connectivity index (χ2n) is 30.9. The fourth-order valence-corrected chi connectivity index (χ4v) is 17.1. The average molecular weight is 1530 g/mol. The van der Waals surface area contributed by atoms with Crippen molar-refractivity contribution in [1.29, 1.82) is 0 Å². The molecular formula is C114H72N6. The van der Waals surface area contributed by atoms with E-state index in [2.05, 4.69) is 431 Å². The standard InChI is InChI=1S/C57H35N3.C57H37N3/c1-2-12-40-31-43(23-19-36(40)9-1)45-27-26-44-32-42(24-25-46(44)33-45)41-13-7-14-47(34-41)55-58-56(48-28-22-39-21-20-37-10-4-6-16-50(37)54(39)35-48)60-57(59-55)53-18-8-17-51-49-15-5-3-11-38(49)29-30-52(51)53;1-2-9-38(10-3-1)41-17-23-43(24-18-41)55-58-56(44-25-19-42(20-26-44)48-27-21-39-11-4-6-13-45(39)33-48)60-57(59-55)54-16-8-15-47(37-54)49-29-30-53-36-52(32-31-51(53)35-49)50-28-22-40-12-5-7-14-46(40)34-50/h1-35H;1-37H. The van der Waals surface area contributed by atoms with Crippen LogP contribution in [0.3, 0.4) is 0 Å². The lowest BCUT2D eigenvalue weighted by atomic mass is 9.96. The Bertz CT molecular complexity index is 7970. The summed E-state index contributed by atoms with van der Waals surface area (Å²) in [6, 6.07) is 156. The molecule has 120 heavy (non-hydrogen) atoms. The van der Waals surface area contributed by atoms with Gasteiger partial charge < -0.3 is 0 Å². The number of hydrogen-bond acceptors (Lipinski definition) is 6. The highest BCUT2D eigenvalue weighted by Gasteiger charge is 2.20. The van der Waals surface area contributed by atoms with E-state index in [0.29, 0.717) is 34.9 Å². The molecule has 0 atom stereocenters. The van der Waals surface area contributed by atoms with E-state index in [4.69, 9.17) is 29.9 Å². The first-order valence-electron chi connectivity index (χ1n) is 40.7. The molecule has 23 aromatic rings. The van der Waals surface area contributed by atoms with E-state index in [1.807, 2.05) is 6.07 Å². The van der Waals surface area contributed by atoms with Crippen molar-refractivity contribution in [1.82, 2.24) is 29.9 Å². The largest absolute Gasteiger partial charge is 0.208 e. The molecular weight excluding hydrogens is 1450 g/mol. The minimum absolute atomic E-state index is 0.628. The number of fused-ring (bicyclic) bond motifs is 11. The SMILES string of the molecule is c1cc(-c2ccc3cc(-c4ccc5ccccc5c4)ccc3c2)cc(-c2nc(-c3ccc4ccc5ccccc5c4c3)nc(-c3cccc4c3ccc3ccccc34)n2)c1.c1ccc(-c2ccc(-c3nc(-c4ccc(-c5ccc6ccccc6c5)cc4)nc(-c4cccc(-c5ccc6cc(-c7ccc8ccccc8c7)ccc6c5)c4)n3)cc2)cc1. The van der Waals surface area contributed by atoms with Gasteiger partial charge in [0.15, 0.2) is 34.9 Å². The van der Waals surface area contributed by atoms with Crippen LogP contribution in [0.1, 0.15) is 0 Å². The van der Waals surface area contributed by atoms with Gasteiger partial charge in [0, 0.05) is 33.4 Å². The Labute approximate surface area is 694 Å². The molecule has 0 fully saturated rings. The van der Waals surface area contributed by atoms with Gasteiger partial charge in [0.2, 0.25) is 0 Å². The summed E-state index contributed by atoms with van der Waals surface area (Å²) in [7, 11) is 0. The van der Waals surface area contributed by atoms with Crippen LogP contribution in [0.25, 0.3) is 232 Å². The predicted molar refractivity (Wildman–Crippen MR) is 502 cm³/mol. The summed E-state index contributed by atoms with van der Waals surface area (Å²) in [5, 5.41) is 21.7. The van der Waals surface area contributed by atoms with Crippen LogP contribution in [0.5, 0.6) is 0 Å². The lowest BCUT2D eigenvalue weighted by Gasteiger charge is -2.13. The molecule has 0 unspecified atom stereocenters. The number of nitrogens with zero attached hydrogens (tertiary/aromatic N) is 6. The Hall–Kier alpha value is -16.0. The molecule has 6 nitrogen and oxygen atoms in total. The molecule has 21 aromatic carbocycles. The summed E-state index contributed by atoms with van der Waals surface area (Å²) in [4.78, 5) is 31.1. The zero-order chi connectivity index (χ0) is 79.4. The molecule has 0 N–H and O–H groups in total. The highest BCUT2D eigenvalue weighted by atomic mass is 15.0. The number of benzene rings is 21. The van der Waals surface area contributed by atoms with E-state index in [9.17, 15) is 0 Å². The molecule has 0 aliphatic heterocycles. The second kappa shape index (κ2) is 30.3. The first kappa shape index (κ1) is 70.6. The van der Waals surface area contributed by atoms with Crippen LogP contribution in [0.2, 0.25) is 0 Å². The number of rotatable bonds is 12. The molecule has 0 saturated heterocycles. The molecule has 6 heteroatoms. The zero-order valence-corrected chi connectivity index (χ0v) is 65.3. The number of hydrogen-bond donors (Lipinski definition) is 0. The lowest BCUT2D eigenvalue weighted by molar-refractivity contribution is 1.07. The van der Waals surface area contributed by atoms with E-state index in [1.165, 1.54) is 125 Å². The quantitative estimate of drug-likeness (QED) is 0.113. The summed E-state index contributed by atoms with van der Waals surface area (Å²) in [5.74, 6) is 3.81. The zero-order valence-electron chi connectivity index (χ0n) is 65.3. The molecule has 2 heterocycles. The normalized spacial score (nSPS) is 11.5. The lowest BCUT2D eigenvalue weighted by Crippen LogP contribution is -2.01.